The molecule has 17 heavy (non-hydrogen) atoms. The molecule has 0 amide bonds. The third-order valence-electron chi connectivity index (χ3n) is 3.67. The molecule has 0 aliphatic heterocycles. The van der Waals surface area contributed by atoms with Gasteiger partial charge >= 0.3 is 0 Å². The molecular weight excluding hydrogens is 234 g/mol. The zero-order valence-electron chi connectivity index (χ0n) is 10.1. The fourth-order valence-electron chi connectivity index (χ4n) is 2.49. The summed E-state index contributed by atoms with van der Waals surface area (Å²) >= 11 is 6.13. The van der Waals surface area contributed by atoms with Gasteiger partial charge in [-0.05, 0) is 30.5 Å². The number of alkyl halides is 1. The van der Waals surface area contributed by atoms with E-state index < -0.39 is 0 Å². The second-order valence-electron chi connectivity index (χ2n) is 4.99. The minimum absolute atomic E-state index is 0.123. The number of hydrogen-bond donors (Lipinski definition) is 2. The maximum Gasteiger partial charge on any atom is 0.115 e. The van der Waals surface area contributed by atoms with Crippen molar-refractivity contribution in [2.75, 3.05) is 5.88 Å². The van der Waals surface area contributed by atoms with Crippen LogP contribution in [0.5, 0.6) is 5.75 Å². The molecule has 1 aromatic carbocycles. The summed E-state index contributed by atoms with van der Waals surface area (Å²) in [5.74, 6) is 1.00. The van der Waals surface area contributed by atoms with Crippen molar-refractivity contribution in [1.29, 1.82) is 0 Å². The average Bonchev–Trinajstić information content (AvgIpc) is 2.39. The second-order valence-corrected chi connectivity index (χ2v) is 5.26. The van der Waals surface area contributed by atoms with Gasteiger partial charge in [-0.3, -0.25) is 0 Å². The SMILES string of the molecule is Oc1ccc(CNC2(CCl)CCCCC2)cc1. The van der Waals surface area contributed by atoms with Crippen molar-refractivity contribution in [2.24, 2.45) is 0 Å². The Bertz CT molecular complexity index is 344. The summed E-state index contributed by atoms with van der Waals surface area (Å²) in [7, 11) is 0. The third-order valence-corrected chi connectivity index (χ3v) is 4.18. The largest absolute Gasteiger partial charge is 0.508 e. The fourth-order valence-corrected chi connectivity index (χ4v) is 2.85. The van der Waals surface area contributed by atoms with Crippen LogP contribution in [0.25, 0.3) is 0 Å². The molecule has 2 N–H and O–H groups in total. The summed E-state index contributed by atoms with van der Waals surface area (Å²) in [5, 5.41) is 12.8. The minimum atomic E-state index is 0.123. The topological polar surface area (TPSA) is 32.3 Å². The standard InChI is InChI=1S/C14H20ClNO/c15-11-14(8-2-1-3-9-14)16-10-12-4-6-13(17)7-5-12/h4-7,16-17H,1-3,8-11H2. The van der Waals surface area contributed by atoms with Gasteiger partial charge in [0.2, 0.25) is 0 Å². The minimum Gasteiger partial charge on any atom is -0.508 e. The Morgan fingerprint density at radius 1 is 1.12 bits per heavy atom. The molecule has 0 saturated heterocycles. The van der Waals surface area contributed by atoms with Crippen molar-refractivity contribution in [1.82, 2.24) is 5.32 Å². The number of benzene rings is 1. The predicted octanol–water partition coefficient (Wildman–Crippen LogP) is 3.42. The number of nitrogens with one attached hydrogen (secondary N) is 1. The predicted molar refractivity (Wildman–Crippen MR) is 71.5 cm³/mol. The van der Waals surface area contributed by atoms with Gasteiger partial charge in [0, 0.05) is 18.0 Å². The zero-order valence-corrected chi connectivity index (χ0v) is 10.8. The lowest BCUT2D eigenvalue weighted by molar-refractivity contribution is 0.256. The van der Waals surface area contributed by atoms with E-state index >= 15 is 0 Å². The Hall–Kier alpha value is -0.730. The third kappa shape index (κ3) is 3.36. The van der Waals surface area contributed by atoms with Gasteiger partial charge in [-0.1, -0.05) is 31.4 Å². The molecule has 0 unspecified atom stereocenters. The normalized spacial score (nSPS) is 19.1. The average molecular weight is 254 g/mol. The van der Waals surface area contributed by atoms with Crippen molar-refractivity contribution < 1.29 is 5.11 Å². The summed E-state index contributed by atoms with van der Waals surface area (Å²) in [6.45, 7) is 0.826. The number of hydrogen-bond acceptors (Lipinski definition) is 2. The molecule has 94 valence electrons. The fraction of sp³-hybridized carbons (Fsp3) is 0.571. The van der Waals surface area contributed by atoms with Gasteiger partial charge in [0.05, 0.1) is 0 Å². The highest BCUT2D eigenvalue weighted by molar-refractivity contribution is 6.18. The first-order chi connectivity index (χ1) is 8.24. The van der Waals surface area contributed by atoms with Crippen LogP contribution < -0.4 is 5.32 Å². The summed E-state index contributed by atoms with van der Waals surface area (Å²) in [6.07, 6.45) is 6.23. The first kappa shape index (κ1) is 12.7. The molecule has 3 heteroatoms. The van der Waals surface area contributed by atoms with Gasteiger partial charge in [0.25, 0.3) is 0 Å². The number of rotatable bonds is 4. The molecule has 2 nitrogen and oxygen atoms in total. The summed E-state index contributed by atoms with van der Waals surface area (Å²) in [5.41, 5.74) is 1.32. The van der Waals surface area contributed by atoms with Gasteiger partial charge < -0.3 is 10.4 Å². The second kappa shape index (κ2) is 5.74. The van der Waals surface area contributed by atoms with Crippen LogP contribution in [0.1, 0.15) is 37.7 Å². The van der Waals surface area contributed by atoms with Crippen LogP contribution in [0.15, 0.2) is 24.3 Å². The van der Waals surface area contributed by atoms with E-state index in [0.29, 0.717) is 11.6 Å². The summed E-state index contributed by atoms with van der Waals surface area (Å²) in [6, 6.07) is 7.36. The van der Waals surface area contributed by atoms with Crippen LogP contribution in [0.2, 0.25) is 0 Å². The smallest absolute Gasteiger partial charge is 0.115 e. The highest BCUT2D eigenvalue weighted by Gasteiger charge is 2.30. The highest BCUT2D eigenvalue weighted by atomic mass is 35.5. The van der Waals surface area contributed by atoms with Crippen molar-refractivity contribution in [3.8, 4) is 5.75 Å². The lowest BCUT2D eigenvalue weighted by Crippen LogP contribution is -2.48. The van der Waals surface area contributed by atoms with E-state index in [1.807, 2.05) is 12.1 Å². The summed E-state index contributed by atoms with van der Waals surface area (Å²) in [4.78, 5) is 0. The number of halogens is 1. The van der Waals surface area contributed by atoms with Gasteiger partial charge in [0.15, 0.2) is 0 Å². The van der Waals surface area contributed by atoms with Crippen LogP contribution in [0, 0.1) is 0 Å². The molecule has 0 radical (unpaired) electrons. The molecular formula is C14H20ClNO. The molecule has 1 aliphatic carbocycles. The molecule has 0 heterocycles. The van der Waals surface area contributed by atoms with Gasteiger partial charge in [0.1, 0.15) is 5.75 Å². The Morgan fingerprint density at radius 2 is 1.76 bits per heavy atom. The van der Waals surface area contributed by atoms with Gasteiger partial charge in [-0.25, -0.2) is 0 Å². The van der Waals surface area contributed by atoms with Crippen LogP contribution in [-0.4, -0.2) is 16.5 Å². The highest BCUT2D eigenvalue weighted by Crippen LogP contribution is 2.29. The molecule has 1 fully saturated rings. The van der Waals surface area contributed by atoms with Crippen LogP contribution in [-0.2, 0) is 6.54 Å². The van der Waals surface area contributed by atoms with E-state index in [1.54, 1.807) is 12.1 Å². The van der Waals surface area contributed by atoms with E-state index in [9.17, 15) is 5.11 Å². The summed E-state index contributed by atoms with van der Waals surface area (Å²) < 4.78 is 0. The van der Waals surface area contributed by atoms with Crippen LogP contribution in [0.3, 0.4) is 0 Å². The first-order valence-electron chi connectivity index (χ1n) is 6.33. The molecule has 1 aromatic rings. The van der Waals surface area contributed by atoms with E-state index in [4.69, 9.17) is 11.6 Å². The molecule has 0 aromatic heterocycles. The van der Waals surface area contributed by atoms with E-state index in [0.717, 1.165) is 6.54 Å². The van der Waals surface area contributed by atoms with Crippen molar-refractivity contribution in [3.05, 3.63) is 29.8 Å². The molecule has 2 rings (SSSR count). The van der Waals surface area contributed by atoms with Crippen LogP contribution >= 0.6 is 11.6 Å². The number of phenols is 1. The Kier molecular flexibility index (Phi) is 4.30. The lowest BCUT2D eigenvalue weighted by Gasteiger charge is -2.36. The number of phenolic OH excluding ortho intramolecular Hbond substituents is 1. The zero-order chi connectivity index (χ0) is 12.1. The molecule has 1 saturated carbocycles. The van der Waals surface area contributed by atoms with Crippen LogP contribution in [0.4, 0.5) is 0 Å². The molecule has 1 aliphatic rings. The maximum atomic E-state index is 9.23. The Labute approximate surface area is 108 Å². The number of aromatic hydroxyl groups is 1. The molecule has 0 bridgehead atoms. The van der Waals surface area contributed by atoms with Gasteiger partial charge in [-0.2, -0.15) is 0 Å². The van der Waals surface area contributed by atoms with E-state index in [-0.39, 0.29) is 5.54 Å². The Morgan fingerprint density at radius 3 is 2.35 bits per heavy atom. The first-order valence-corrected chi connectivity index (χ1v) is 6.86. The lowest BCUT2D eigenvalue weighted by atomic mass is 9.83. The van der Waals surface area contributed by atoms with E-state index in [1.165, 1.54) is 37.7 Å². The Balaban J connectivity index is 1.93. The quantitative estimate of drug-likeness (QED) is 0.806. The monoisotopic (exact) mass is 253 g/mol. The molecule has 0 atom stereocenters. The molecule has 0 spiro atoms. The van der Waals surface area contributed by atoms with Gasteiger partial charge in [-0.15, -0.1) is 11.6 Å². The van der Waals surface area contributed by atoms with Crippen molar-refractivity contribution in [2.45, 2.75) is 44.2 Å². The maximum absolute atomic E-state index is 9.23. The van der Waals surface area contributed by atoms with E-state index in [2.05, 4.69) is 5.32 Å². The van der Waals surface area contributed by atoms with Crippen molar-refractivity contribution in [3.63, 3.8) is 0 Å². The van der Waals surface area contributed by atoms with Crippen molar-refractivity contribution >= 4 is 11.6 Å².